The first kappa shape index (κ1) is 44.7. The van der Waals surface area contributed by atoms with Gasteiger partial charge in [0.1, 0.15) is 5.58 Å². The lowest BCUT2D eigenvalue weighted by Gasteiger charge is -2.45. The molecule has 0 saturated heterocycles. The zero-order chi connectivity index (χ0) is 49.5. The van der Waals surface area contributed by atoms with Gasteiger partial charge < -0.3 is 9.32 Å². The molecule has 13 rings (SSSR count). The van der Waals surface area contributed by atoms with E-state index in [1.165, 1.54) is 112 Å². The molecule has 7 aromatic carbocycles. The summed E-state index contributed by atoms with van der Waals surface area (Å²) >= 11 is 0. The van der Waals surface area contributed by atoms with E-state index in [-0.39, 0.29) is 39.2 Å². The van der Waals surface area contributed by atoms with Crippen LogP contribution >= 0.6 is 0 Å². The monoisotopic (exact) mass is 929 g/mol. The van der Waals surface area contributed by atoms with Crippen molar-refractivity contribution in [1.82, 2.24) is 0 Å². The summed E-state index contributed by atoms with van der Waals surface area (Å²) in [6.07, 6.45) is 4.62. The van der Waals surface area contributed by atoms with E-state index in [9.17, 15) is 0 Å². The van der Waals surface area contributed by atoms with Crippen LogP contribution in [0.2, 0.25) is 0 Å². The third kappa shape index (κ3) is 6.28. The Kier molecular flexibility index (Phi) is 9.10. The molecule has 4 heteroatoms. The molecular weight excluding hydrogens is 860 g/mol. The number of rotatable bonds is 3. The lowest BCUT2D eigenvalue weighted by atomic mass is 9.33. The van der Waals surface area contributed by atoms with E-state index in [1.807, 2.05) is 0 Å². The lowest BCUT2D eigenvalue weighted by molar-refractivity contribution is 0.332. The molecule has 3 heterocycles. The Bertz CT molecular complexity index is 3570. The first-order valence-corrected chi connectivity index (χ1v) is 26.5. The van der Waals surface area contributed by atoms with Gasteiger partial charge in [-0.1, -0.05) is 175 Å². The van der Waals surface area contributed by atoms with Gasteiger partial charge in [-0.25, -0.2) is 0 Å². The molecule has 0 fully saturated rings. The van der Waals surface area contributed by atoms with Crippen molar-refractivity contribution < 1.29 is 4.42 Å². The molecule has 0 radical (unpaired) electrons. The molecule has 0 bridgehead atoms. The fourth-order valence-corrected chi connectivity index (χ4v) is 14.0. The summed E-state index contributed by atoms with van der Waals surface area (Å²) in [5, 5.41) is 1.23. The average molecular weight is 929 g/mol. The van der Waals surface area contributed by atoms with Crippen molar-refractivity contribution in [1.29, 1.82) is 0 Å². The smallest absolute Gasteiger partial charge is 0.257 e. The molecule has 0 atom stereocenters. The van der Waals surface area contributed by atoms with E-state index in [1.54, 1.807) is 0 Å². The number of nitrogens with zero attached hydrogens (tertiary/aromatic N) is 2. The molecule has 0 saturated carbocycles. The van der Waals surface area contributed by atoms with E-state index in [0.717, 1.165) is 36.4 Å². The molecule has 356 valence electrons. The van der Waals surface area contributed by atoms with Crippen LogP contribution < -0.4 is 26.2 Å². The minimum absolute atomic E-state index is 0.0235. The number of furan rings is 1. The van der Waals surface area contributed by atoms with Crippen LogP contribution in [0.25, 0.3) is 33.2 Å². The van der Waals surface area contributed by atoms with Crippen LogP contribution in [0, 0.1) is 0 Å². The summed E-state index contributed by atoms with van der Waals surface area (Å²) in [5.74, 6) is 0.940. The highest BCUT2D eigenvalue weighted by Gasteiger charge is 2.50. The van der Waals surface area contributed by atoms with Crippen LogP contribution in [0.1, 0.15) is 155 Å². The zero-order valence-electron chi connectivity index (χ0n) is 44.4. The van der Waals surface area contributed by atoms with Crippen molar-refractivity contribution in [2.24, 2.45) is 0 Å². The Morgan fingerprint density at radius 3 is 1.76 bits per heavy atom. The van der Waals surface area contributed by atoms with E-state index < -0.39 is 0 Å². The number of hydrogen-bond acceptors (Lipinski definition) is 3. The van der Waals surface area contributed by atoms with Gasteiger partial charge in [0, 0.05) is 44.6 Å². The molecule has 2 aliphatic heterocycles. The van der Waals surface area contributed by atoms with E-state index >= 15 is 0 Å². The quantitative estimate of drug-likeness (QED) is 0.165. The molecule has 0 unspecified atom stereocenters. The van der Waals surface area contributed by atoms with Gasteiger partial charge in [0.25, 0.3) is 6.71 Å². The highest BCUT2D eigenvalue weighted by molar-refractivity contribution is 7.01. The predicted octanol–water partition coefficient (Wildman–Crippen LogP) is 16.5. The first-order chi connectivity index (χ1) is 33.6. The zero-order valence-corrected chi connectivity index (χ0v) is 44.4. The summed E-state index contributed by atoms with van der Waals surface area (Å²) in [4.78, 5) is 5.23. The van der Waals surface area contributed by atoms with Gasteiger partial charge in [0.2, 0.25) is 5.88 Å². The molecule has 5 aliphatic rings. The molecule has 8 aromatic rings. The Balaban J connectivity index is 1.19. The summed E-state index contributed by atoms with van der Waals surface area (Å²) in [5.41, 5.74) is 25.8. The molecule has 0 amide bonds. The van der Waals surface area contributed by atoms with Crippen molar-refractivity contribution in [2.45, 2.75) is 148 Å². The van der Waals surface area contributed by atoms with Crippen molar-refractivity contribution in [2.75, 3.05) is 9.80 Å². The van der Waals surface area contributed by atoms with Gasteiger partial charge in [-0.05, 0) is 168 Å². The van der Waals surface area contributed by atoms with Gasteiger partial charge in [-0.15, -0.1) is 0 Å². The molecular formula is C67H69BN2O. The van der Waals surface area contributed by atoms with Crippen molar-refractivity contribution in [3.8, 4) is 22.3 Å². The number of fused-ring (bicyclic) bond motifs is 11. The Hall–Kier alpha value is -6.26. The molecule has 71 heavy (non-hydrogen) atoms. The minimum atomic E-state index is -0.153. The summed E-state index contributed by atoms with van der Waals surface area (Å²) in [6.45, 7) is 31.3. The predicted molar refractivity (Wildman–Crippen MR) is 303 cm³/mol. The Labute approximate surface area is 423 Å². The van der Waals surface area contributed by atoms with Gasteiger partial charge in [-0.2, -0.15) is 0 Å². The topological polar surface area (TPSA) is 19.6 Å². The number of anilines is 6. The highest BCUT2D eigenvalue weighted by atomic mass is 16.4. The van der Waals surface area contributed by atoms with Crippen LogP contribution in [0.4, 0.5) is 34.3 Å². The molecule has 3 aliphatic carbocycles. The maximum Gasteiger partial charge on any atom is 0.257 e. The summed E-state index contributed by atoms with van der Waals surface area (Å²) in [7, 11) is 0. The van der Waals surface area contributed by atoms with E-state index in [4.69, 9.17) is 4.42 Å². The maximum absolute atomic E-state index is 7.66. The van der Waals surface area contributed by atoms with Crippen LogP contribution in [0.5, 0.6) is 0 Å². The van der Waals surface area contributed by atoms with Crippen LogP contribution in [0.15, 0.2) is 138 Å². The third-order valence-corrected chi connectivity index (χ3v) is 18.6. The number of hydrogen-bond donors (Lipinski definition) is 0. The highest BCUT2D eigenvalue weighted by Crippen LogP contribution is 2.57. The van der Waals surface area contributed by atoms with Crippen molar-refractivity contribution in [3.63, 3.8) is 0 Å². The second-order valence-electron chi connectivity index (χ2n) is 26.3. The second kappa shape index (κ2) is 14.5. The fourth-order valence-electron chi connectivity index (χ4n) is 14.0. The van der Waals surface area contributed by atoms with E-state index in [0.29, 0.717) is 0 Å². The molecule has 0 N–H and O–H groups in total. The van der Waals surface area contributed by atoms with Crippen molar-refractivity contribution in [3.05, 3.63) is 172 Å². The van der Waals surface area contributed by atoms with Gasteiger partial charge in [-0.3, -0.25) is 4.90 Å². The average Bonchev–Trinajstić information content (AvgIpc) is 3.82. The fraction of sp³-hybridized carbons (Fsp3) is 0.343. The minimum Gasteiger partial charge on any atom is -0.440 e. The van der Waals surface area contributed by atoms with Crippen LogP contribution in [-0.4, -0.2) is 6.71 Å². The molecule has 1 aromatic heterocycles. The third-order valence-electron chi connectivity index (χ3n) is 18.6. The number of benzene rings is 7. The maximum atomic E-state index is 7.66. The Morgan fingerprint density at radius 2 is 1.07 bits per heavy atom. The van der Waals surface area contributed by atoms with Gasteiger partial charge >= 0.3 is 0 Å². The normalized spacial score (nSPS) is 19.0. The Morgan fingerprint density at radius 1 is 0.465 bits per heavy atom. The summed E-state index contributed by atoms with van der Waals surface area (Å²) < 4.78 is 7.66. The van der Waals surface area contributed by atoms with Gasteiger partial charge in [0.15, 0.2) is 0 Å². The lowest BCUT2D eigenvalue weighted by Crippen LogP contribution is -2.61. The van der Waals surface area contributed by atoms with Crippen LogP contribution in [0.3, 0.4) is 0 Å². The second-order valence-corrected chi connectivity index (χ2v) is 26.3. The van der Waals surface area contributed by atoms with E-state index in [2.05, 4.69) is 233 Å². The summed E-state index contributed by atoms with van der Waals surface area (Å²) in [6, 6.07) is 52.2. The van der Waals surface area contributed by atoms with Gasteiger partial charge in [0.05, 0.1) is 5.69 Å². The molecule has 3 nitrogen and oxygen atoms in total. The SMILES string of the molecule is CC(C)(C)c1ccc2c(c1)N(c1cccc3c1-c1ccccc1C3(C)C)c1cc(-c3ccccc3)cc3c1B2c1c(oc2cc4c(cc12)C(C)(C)CCC4(C)C)N3c1ccc2c(c1)C(C)(C)CCC2(C)C. The largest absolute Gasteiger partial charge is 0.440 e. The standard InChI is InChI=1S/C67H69BN2O/c1-62(2,3)42-26-29-52-54(36-42)70(53-25-19-24-48-58(53)44-22-17-18-23-46(44)67(48,12)13)56-35-41(40-20-15-14-16-21-40)34-55-60(56)68(52)59-45-38-50-51(66(10,11)33-32-65(50,8)9)39-57(45)71-61(59)69(55)43-27-28-47-49(37-43)64(6,7)31-30-63(47,4)5/h14-29,34-39H,30-33H2,1-13H3. The first-order valence-electron chi connectivity index (χ1n) is 26.5. The molecule has 0 spiro atoms. The van der Waals surface area contributed by atoms with Crippen LogP contribution in [-0.2, 0) is 32.5 Å². The van der Waals surface area contributed by atoms with Crippen molar-refractivity contribution >= 4 is 68.4 Å².